The van der Waals surface area contributed by atoms with Crippen molar-refractivity contribution in [3.05, 3.63) is 46.7 Å². The summed E-state index contributed by atoms with van der Waals surface area (Å²) < 4.78 is 5.37. The first-order chi connectivity index (χ1) is 13.0. The number of hydrogen-bond acceptors (Lipinski definition) is 4. The Labute approximate surface area is 161 Å². The number of nitrogens with one attached hydrogen (secondary N) is 1. The average Bonchev–Trinajstić information content (AvgIpc) is 2.67. The summed E-state index contributed by atoms with van der Waals surface area (Å²) >= 11 is 0. The van der Waals surface area contributed by atoms with Crippen molar-refractivity contribution in [2.75, 3.05) is 33.3 Å². The molecule has 1 aromatic rings. The molecule has 2 amide bonds. The third-order valence-electron chi connectivity index (χ3n) is 5.30. The van der Waals surface area contributed by atoms with E-state index in [2.05, 4.69) is 10.2 Å². The van der Waals surface area contributed by atoms with E-state index >= 15 is 0 Å². The SMILES string of the molecule is CCOC(=O)C1=C(CN2CCCCC2)N(C)C(=O)NC1c1ccc(C)cc1. The highest BCUT2D eigenvalue weighted by Crippen LogP contribution is 2.32. The van der Waals surface area contributed by atoms with E-state index in [0.717, 1.165) is 42.8 Å². The number of benzene rings is 1. The van der Waals surface area contributed by atoms with Gasteiger partial charge in [0.1, 0.15) is 0 Å². The third-order valence-corrected chi connectivity index (χ3v) is 5.30. The van der Waals surface area contributed by atoms with E-state index in [1.807, 2.05) is 31.2 Å². The Hall–Kier alpha value is -2.34. The lowest BCUT2D eigenvalue weighted by Gasteiger charge is -2.37. The Kier molecular flexibility index (Phi) is 6.16. The zero-order chi connectivity index (χ0) is 19.4. The quantitative estimate of drug-likeness (QED) is 0.809. The van der Waals surface area contributed by atoms with Gasteiger partial charge >= 0.3 is 12.0 Å². The smallest absolute Gasteiger partial charge is 0.338 e. The fraction of sp³-hybridized carbons (Fsp3) is 0.524. The van der Waals surface area contributed by atoms with Crippen molar-refractivity contribution in [2.45, 2.75) is 39.2 Å². The van der Waals surface area contributed by atoms with E-state index in [1.165, 1.54) is 6.42 Å². The van der Waals surface area contributed by atoms with Crippen LogP contribution in [0.15, 0.2) is 35.5 Å². The van der Waals surface area contributed by atoms with Gasteiger partial charge in [0.2, 0.25) is 0 Å². The van der Waals surface area contributed by atoms with Gasteiger partial charge in [-0.2, -0.15) is 0 Å². The van der Waals surface area contributed by atoms with Gasteiger partial charge < -0.3 is 10.1 Å². The maximum atomic E-state index is 12.9. The molecule has 1 unspecified atom stereocenters. The van der Waals surface area contributed by atoms with E-state index in [9.17, 15) is 9.59 Å². The van der Waals surface area contributed by atoms with Crippen molar-refractivity contribution in [1.29, 1.82) is 0 Å². The van der Waals surface area contributed by atoms with Crippen molar-refractivity contribution in [3.63, 3.8) is 0 Å². The van der Waals surface area contributed by atoms with Crippen molar-refractivity contribution in [1.82, 2.24) is 15.1 Å². The van der Waals surface area contributed by atoms with Gasteiger partial charge in [-0.3, -0.25) is 9.80 Å². The highest BCUT2D eigenvalue weighted by molar-refractivity contribution is 5.95. The lowest BCUT2D eigenvalue weighted by Crippen LogP contribution is -2.49. The summed E-state index contributed by atoms with van der Waals surface area (Å²) in [5, 5.41) is 2.97. The van der Waals surface area contributed by atoms with Crippen LogP contribution in [-0.2, 0) is 9.53 Å². The van der Waals surface area contributed by atoms with Crippen LogP contribution in [0.2, 0.25) is 0 Å². The van der Waals surface area contributed by atoms with Crippen molar-refractivity contribution in [3.8, 4) is 0 Å². The van der Waals surface area contributed by atoms with Crippen LogP contribution in [0, 0.1) is 6.92 Å². The number of rotatable bonds is 5. The second-order valence-electron chi connectivity index (χ2n) is 7.27. The number of carbonyl (C=O) groups excluding carboxylic acids is 2. The lowest BCUT2D eigenvalue weighted by molar-refractivity contribution is -0.139. The minimum Gasteiger partial charge on any atom is -0.463 e. The molecule has 2 aliphatic heterocycles. The Morgan fingerprint density at radius 2 is 1.85 bits per heavy atom. The highest BCUT2D eigenvalue weighted by Gasteiger charge is 2.37. The van der Waals surface area contributed by atoms with Crippen LogP contribution >= 0.6 is 0 Å². The molecule has 2 heterocycles. The molecule has 1 atom stereocenters. The summed E-state index contributed by atoms with van der Waals surface area (Å²) in [6.45, 7) is 6.68. The molecule has 27 heavy (non-hydrogen) atoms. The standard InChI is InChI=1S/C21H29N3O3/c1-4-27-20(25)18-17(14-24-12-6-5-7-13-24)23(3)21(26)22-19(18)16-10-8-15(2)9-11-16/h8-11,19H,4-7,12-14H2,1-3H3,(H,22,26). The maximum absolute atomic E-state index is 12.9. The summed E-state index contributed by atoms with van der Waals surface area (Å²) in [7, 11) is 1.72. The molecule has 1 fully saturated rings. The van der Waals surface area contributed by atoms with E-state index in [0.29, 0.717) is 18.7 Å². The first-order valence-electron chi connectivity index (χ1n) is 9.74. The molecule has 1 saturated heterocycles. The molecular formula is C21H29N3O3. The number of hydrogen-bond donors (Lipinski definition) is 1. The molecule has 1 N–H and O–H groups in total. The number of likely N-dealkylation sites (tertiary alicyclic amines) is 1. The highest BCUT2D eigenvalue weighted by atomic mass is 16.5. The molecule has 6 nitrogen and oxygen atoms in total. The van der Waals surface area contributed by atoms with E-state index in [1.54, 1.807) is 18.9 Å². The van der Waals surface area contributed by atoms with Gasteiger partial charge in [-0.05, 0) is 45.3 Å². The number of likely N-dealkylation sites (N-methyl/N-ethyl adjacent to an activating group) is 1. The number of ether oxygens (including phenoxy) is 1. The molecule has 0 aromatic heterocycles. The molecule has 6 heteroatoms. The molecule has 0 saturated carbocycles. The fourth-order valence-corrected chi connectivity index (χ4v) is 3.74. The molecule has 0 bridgehead atoms. The monoisotopic (exact) mass is 371 g/mol. The van der Waals surface area contributed by atoms with E-state index in [-0.39, 0.29) is 12.0 Å². The number of carbonyl (C=O) groups is 2. The Morgan fingerprint density at radius 1 is 1.19 bits per heavy atom. The number of amides is 2. The minimum absolute atomic E-state index is 0.194. The molecule has 0 radical (unpaired) electrons. The van der Waals surface area contributed by atoms with Gasteiger partial charge in [-0.1, -0.05) is 36.2 Å². The number of urea groups is 1. The fourth-order valence-electron chi connectivity index (χ4n) is 3.74. The van der Waals surface area contributed by atoms with Crippen LogP contribution in [0.5, 0.6) is 0 Å². The topological polar surface area (TPSA) is 61.9 Å². The average molecular weight is 371 g/mol. The van der Waals surface area contributed by atoms with Crippen LogP contribution < -0.4 is 5.32 Å². The summed E-state index contributed by atoms with van der Waals surface area (Å²) in [6, 6.07) is 7.22. The van der Waals surface area contributed by atoms with Crippen molar-refractivity contribution < 1.29 is 14.3 Å². The Morgan fingerprint density at radius 3 is 2.48 bits per heavy atom. The molecular weight excluding hydrogens is 342 g/mol. The molecule has 2 aliphatic rings. The molecule has 146 valence electrons. The van der Waals surface area contributed by atoms with Gasteiger partial charge in [-0.15, -0.1) is 0 Å². The summed E-state index contributed by atoms with van der Waals surface area (Å²) in [6.07, 6.45) is 3.54. The van der Waals surface area contributed by atoms with Crippen LogP contribution in [0.25, 0.3) is 0 Å². The number of nitrogens with zero attached hydrogens (tertiary/aromatic N) is 2. The van der Waals surface area contributed by atoms with Gasteiger partial charge in [-0.25, -0.2) is 9.59 Å². The van der Waals surface area contributed by atoms with Crippen molar-refractivity contribution >= 4 is 12.0 Å². The summed E-state index contributed by atoms with van der Waals surface area (Å²) in [4.78, 5) is 29.4. The second kappa shape index (κ2) is 8.57. The van der Waals surface area contributed by atoms with Crippen molar-refractivity contribution in [2.24, 2.45) is 0 Å². The van der Waals surface area contributed by atoms with Gasteiger partial charge in [0.15, 0.2) is 0 Å². The number of piperidine rings is 1. The van der Waals surface area contributed by atoms with Gasteiger partial charge in [0.25, 0.3) is 0 Å². The van der Waals surface area contributed by atoms with Gasteiger partial charge in [0.05, 0.1) is 18.2 Å². The van der Waals surface area contributed by atoms with Crippen LogP contribution in [0.3, 0.4) is 0 Å². The third kappa shape index (κ3) is 4.33. The zero-order valence-corrected chi connectivity index (χ0v) is 16.5. The summed E-state index contributed by atoms with van der Waals surface area (Å²) in [5.74, 6) is -0.359. The Balaban J connectivity index is 2.03. The lowest BCUT2D eigenvalue weighted by atomic mass is 9.93. The molecule has 0 spiro atoms. The predicted molar refractivity (Wildman–Crippen MR) is 104 cm³/mol. The molecule has 3 rings (SSSR count). The van der Waals surface area contributed by atoms with Crippen LogP contribution in [-0.4, -0.2) is 55.1 Å². The first-order valence-corrected chi connectivity index (χ1v) is 9.74. The first kappa shape index (κ1) is 19.4. The van der Waals surface area contributed by atoms with Gasteiger partial charge in [0, 0.05) is 19.3 Å². The summed E-state index contributed by atoms with van der Waals surface area (Å²) in [5.41, 5.74) is 3.30. The zero-order valence-electron chi connectivity index (χ0n) is 16.5. The Bertz CT molecular complexity index is 721. The van der Waals surface area contributed by atoms with E-state index < -0.39 is 6.04 Å². The largest absolute Gasteiger partial charge is 0.463 e. The predicted octanol–water partition coefficient (Wildman–Crippen LogP) is 2.99. The van der Waals surface area contributed by atoms with Crippen LogP contribution in [0.1, 0.15) is 43.4 Å². The second-order valence-corrected chi connectivity index (χ2v) is 7.27. The minimum atomic E-state index is -0.492. The van der Waals surface area contributed by atoms with E-state index in [4.69, 9.17) is 4.74 Å². The maximum Gasteiger partial charge on any atom is 0.338 e. The molecule has 1 aromatic carbocycles. The molecule has 0 aliphatic carbocycles. The number of aryl methyl sites for hydroxylation is 1. The normalized spacial score (nSPS) is 21.2. The number of esters is 1. The van der Waals surface area contributed by atoms with Crippen LogP contribution in [0.4, 0.5) is 4.79 Å².